The van der Waals surface area contributed by atoms with Gasteiger partial charge in [0.15, 0.2) is 0 Å². The maximum Gasteiger partial charge on any atom is 0.270 e. The first-order valence-corrected chi connectivity index (χ1v) is 5.13. The van der Waals surface area contributed by atoms with Crippen molar-refractivity contribution in [2.45, 2.75) is 13.8 Å². The van der Waals surface area contributed by atoms with Gasteiger partial charge in [0.1, 0.15) is 0 Å². The molecule has 1 heterocycles. The van der Waals surface area contributed by atoms with E-state index in [0.717, 1.165) is 22.6 Å². The molecule has 0 saturated heterocycles. The SMILES string of the molecule is CC1=NN=C(C)C1=Cc1cccc([N+](=O)[O-])c1. The topological polar surface area (TPSA) is 67.9 Å². The minimum atomic E-state index is -0.404. The molecule has 0 N–H and O–H groups in total. The third kappa shape index (κ3) is 2.28. The Balaban J connectivity index is 2.39. The molecule has 0 fully saturated rings. The third-order valence-electron chi connectivity index (χ3n) is 2.52. The fraction of sp³-hybridized carbons (Fsp3) is 0.167. The Hall–Kier alpha value is -2.30. The van der Waals surface area contributed by atoms with Crippen LogP contribution in [-0.2, 0) is 0 Å². The van der Waals surface area contributed by atoms with E-state index in [2.05, 4.69) is 10.2 Å². The Bertz CT molecular complexity index is 551. The molecule has 5 nitrogen and oxygen atoms in total. The summed E-state index contributed by atoms with van der Waals surface area (Å²) in [5, 5.41) is 18.6. The molecule has 1 aliphatic heterocycles. The van der Waals surface area contributed by atoms with Gasteiger partial charge in [-0.15, -0.1) is 0 Å². The lowest BCUT2D eigenvalue weighted by Crippen LogP contribution is -2.00. The highest BCUT2D eigenvalue weighted by atomic mass is 16.6. The zero-order valence-electron chi connectivity index (χ0n) is 9.54. The van der Waals surface area contributed by atoms with Crippen LogP contribution in [0.5, 0.6) is 0 Å². The zero-order chi connectivity index (χ0) is 12.4. The molecule has 2 rings (SSSR count). The summed E-state index contributed by atoms with van der Waals surface area (Å²) in [6.45, 7) is 3.73. The Morgan fingerprint density at radius 1 is 1.24 bits per heavy atom. The van der Waals surface area contributed by atoms with Crippen LogP contribution in [0.25, 0.3) is 6.08 Å². The van der Waals surface area contributed by atoms with E-state index in [4.69, 9.17) is 0 Å². The van der Waals surface area contributed by atoms with Crippen LogP contribution in [0.15, 0.2) is 40.0 Å². The normalized spacial score (nSPS) is 14.4. The van der Waals surface area contributed by atoms with Gasteiger partial charge < -0.3 is 0 Å². The van der Waals surface area contributed by atoms with Crippen LogP contribution in [0.3, 0.4) is 0 Å². The van der Waals surface area contributed by atoms with E-state index in [1.165, 1.54) is 12.1 Å². The van der Waals surface area contributed by atoms with Gasteiger partial charge in [0.05, 0.1) is 16.3 Å². The largest absolute Gasteiger partial charge is 0.270 e. The van der Waals surface area contributed by atoms with Gasteiger partial charge >= 0.3 is 0 Å². The van der Waals surface area contributed by atoms with E-state index >= 15 is 0 Å². The fourth-order valence-corrected chi connectivity index (χ4v) is 1.62. The van der Waals surface area contributed by atoms with Gasteiger partial charge in [-0.2, -0.15) is 10.2 Å². The fourth-order valence-electron chi connectivity index (χ4n) is 1.62. The van der Waals surface area contributed by atoms with E-state index in [-0.39, 0.29) is 5.69 Å². The summed E-state index contributed by atoms with van der Waals surface area (Å²) in [5.41, 5.74) is 3.44. The molecule has 0 aromatic heterocycles. The number of non-ortho nitro benzene ring substituents is 1. The molecule has 17 heavy (non-hydrogen) atoms. The second kappa shape index (κ2) is 4.29. The monoisotopic (exact) mass is 229 g/mol. The van der Waals surface area contributed by atoms with Gasteiger partial charge in [0.2, 0.25) is 0 Å². The number of benzene rings is 1. The predicted octanol–water partition coefficient (Wildman–Crippen LogP) is 2.83. The standard InChI is InChI=1S/C12H11N3O2/c1-8-12(9(2)14-13-8)7-10-4-3-5-11(6-10)15(16)17/h3-7H,1-2H3. The molecule has 0 unspecified atom stereocenters. The lowest BCUT2D eigenvalue weighted by molar-refractivity contribution is -0.384. The molecule has 0 saturated carbocycles. The molecular formula is C12H11N3O2. The maximum absolute atomic E-state index is 10.7. The van der Waals surface area contributed by atoms with Crippen molar-refractivity contribution < 1.29 is 4.92 Å². The second-order valence-electron chi connectivity index (χ2n) is 3.78. The Labute approximate surface area is 98.3 Å². The van der Waals surface area contributed by atoms with Gasteiger partial charge in [-0.25, -0.2) is 0 Å². The summed E-state index contributed by atoms with van der Waals surface area (Å²) in [6.07, 6.45) is 1.86. The number of nitro groups is 1. The van der Waals surface area contributed by atoms with Crippen LogP contribution in [0.4, 0.5) is 5.69 Å². The van der Waals surface area contributed by atoms with Gasteiger partial charge in [0.25, 0.3) is 5.69 Å². The summed E-state index contributed by atoms with van der Waals surface area (Å²) in [6, 6.07) is 6.49. The number of allylic oxidation sites excluding steroid dienone is 1. The highest BCUT2D eigenvalue weighted by Crippen LogP contribution is 2.18. The van der Waals surface area contributed by atoms with Gasteiger partial charge in [0, 0.05) is 17.7 Å². The number of hydrogen-bond donors (Lipinski definition) is 0. The molecule has 0 radical (unpaired) electrons. The molecule has 1 aromatic carbocycles. The highest BCUT2D eigenvalue weighted by molar-refractivity contribution is 6.28. The average Bonchev–Trinajstić information content (AvgIpc) is 2.61. The first kappa shape index (κ1) is 11.2. The number of rotatable bonds is 2. The van der Waals surface area contributed by atoms with E-state index in [9.17, 15) is 10.1 Å². The number of nitro benzene ring substituents is 1. The Morgan fingerprint density at radius 3 is 2.47 bits per heavy atom. The summed E-state index contributed by atoms with van der Waals surface area (Å²) in [7, 11) is 0. The molecule has 5 heteroatoms. The quantitative estimate of drug-likeness (QED) is 0.578. The van der Waals surface area contributed by atoms with Crippen LogP contribution >= 0.6 is 0 Å². The minimum Gasteiger partial charge on any atom is -0.258 e. The van der Waals surface area contributed by atoms with E-state index < -0.39 is 4.92 Å². The Morgan fingerprint density at radius 2 is 1.88 bits per heavy atom. The average molecular weight is 229 g/mol. The van der Waals surface area contributed by atoms with E-state index in [1.54, 1.807) is 6.07 Å². The van der Waals surface area contributed by atoms with Crippen molar-refractivity contribution in [2.24, 2.45) is 10.2 Å². The summed E-state index contributed by atoms with van der Waals surface area (Å²) >= 11 is 0. The highest BCUT2D eigenvalue weighted by Gasteiger charge is 2.12. The molecule has 1 aliphatic rings. The van der Waals surface area contributed by atoms with Crippen molar-refractivity contribution in [3.05, 3.63) is 45.5 Å². The molecule has 86 valence electrons. The van der Waals surface area contributed by atoms with Gasteiger partial charge in [-0.05, 0) is 25.5 Å². The second-order valence-corrected chi connectivity index (χ2v) is 3.78. The Kier molecular flexibility index (Phi) is 2.82. The van der Waals surface area contributed by atoms with Crippen LogP contribution in [-0.4, -0.2) is 16.3 Å². The van der Waals surface area contributed by atoms with Crippen molar-refractivity contribution in [1.82, 2.24) is 0 Å². The molecule has 0 spiro atoms. The summed E-state index contributed by atoms with van der Waals surface area (Å²) < 4.78 is 0. The number of hydrogen-bond acceptors (Lipinski definition) is 4. The van der Waals surface area contributed by atoms with Gasteiger partial charge in [-0.1, -0.05) is 12.1 Å². The molecule has 0 atom stereocenters. The molecular weight excluding hydrogens is 218 g/mol. The first-order chi connectivity index (χ1) is 8.08. The molecule has 0 bridgehead atoms. The van der Waals surface area contributed by atoms with Gasteiger partial charge in [-0.3, -0.25) is 10.1 Å². The predicted molar refractivity (Wildman–Crippen MR) is 67.3 cm³/mol. The summed E-state index contributed by atoms with van der Waals surface area (Å²) in [5.74, 6) is 0. The lowest BCUT2D eigenvalue weighted by Gasteiger charge is -1.99. The zero-order valence-corrected chi connectivity index (χ0v) is 9.54. The first-order valence-electron chi connectivity index (χ1n) is 5.13. The van der Waals surface area contributed by atoms with Crippen LogP contribution in [0.1, 0.15) is 19.4 Å². The van der Waals surface area contributed by atoms with Crippen molar-refractivity contribution in [1.29, 1.82) is 0 Å². The molecule has 0 aliphatic carbocycles. The summed E-state index contributed by atoms with van der Waals surface area (Å²) in [4.78, 5) is 10.3. The van der Waals surface area contributed by atoms with Crippen molar-refractivity contribution in [2.75, 3.05) is 0 Å². The van der Waals surface area contributed by atoms with Crippen molar-refractivity contribution in [3.8, 4) is 0 Å². The number of nitrogens with zero attached hydrogens (tertiary/aromatic N) is 3. The van der Waals surface area contributed by atoms with E-state index in [1.807, 2.05) is 26.0 Å². The van der Waals surface area contributed by atoms with Crippen LogP contribution in [0.2, 0.25) is 0 Å². The van der Waals surface area contributed by atoms with E-state index in [0.29, 0.717) is 0 Å². The maximum atomic E-state index is 10.7. The van der Waals surface area contributed by atoms with Crippen molar-refractivity contribution in [3.63, 3.8) is 0 Å². The van der Waals surface area contributed by atoms with Crippen molar-refractivity contribution >= 4 is 23.2 Å². The molecule has 0 amide bonds. The molecule has 1 aromatic rings. The smallest absolute Gasteiger partial charge is 0.258 e. The minimum absolute atomic E-state index is 0.0848. The lowest BCUT2D eigenvalue weighted by atomic mass is 10.0. The van der Waals surface area contributed by atoms with Crippen LogP contribution < -0.4 is 0 Å². The van der Waals surface area contributed by atoms with Crippen LogP contribution in [0, 0.1) is 10.1 Å². The third-order valence-corrected chi connectivity index (χ3v) is 2.52.